The molecule has 1 N–H and O–H groups in total. The van der Waals surface area contributed by atoms with E-state index in [0.29, 0.717) is 11.7 Å². The molecule has 0 fully saturated rings. The topological polar surface area (TPSA) is 51.0 Å². The average molecular weight is 217 g/mol. The molecule has 0 spiro atoms. The molecule has 0 aliphatic carbocycles. The van der Waals surface area contributed by atoms with Crippen LogP contribution in [0, 0.1) is 6.92 Å². The molecule has 1 aromatic heterocycles. The number of aromatic nitrogens is 2. The summed E-state index contributed by atoms with van der Waals surface area (Å²) < 4.78 is 5.18. The van der Waals surface area contributed by atoms with Crippen LogP contribution in [0.3, 0.4) is 0 Å². The van der Waals surface area contributed by atoms with Crippen LogP contribution < -0.4 is 5.32 Å². The molecule has 0 saturated heterocycles. The van der Waals surface area contributed by atoms with E-state index in [2.05, 4.69) is 22.4 Å². The van der Waals surface area contributed by atoms with Crippen molar-refractivity contribution < 1.29 is 4.52 Å². The number of nitrogens with one attached hydrogen (secondary N) is 1. The third-order valence-corrected chi connectivity index (χ3v) is 2.55. The van der Waals surface area contributed by atoms with Gasteiger partial charge in [-0.05, 0) is 20.9 Å². The van der Waals surface area contributed by atoms with Crippen LogP contribution in [0.5, 0.6) is 0 Å². The third-order valence-electron chi connectivity index (χ3n) is 2.55. The fourth-order valence-electron chi connectivity index (χ4n) is 1.35. The van der Waals surface area contributed by atoms with Crippen molar-refractivity contribution in [3.05, 3.63) is 35.7 Å². The maximum absolute atomic E-state index is 5.18. The lowest BCUT2D eigenvalue weighted by Gasteiger charge is -2.01. The average Bonchev–Trinajstić information content (AvgIpc) is 2.78. The Morgan fingerprint density at radius 2 is 1.94 bits per heavy atom. The quantitative estimate of drug-likeness (QED) is 0.857. The van der Waals surface area contributed by atoms with Gasteiger partial charge in [-0.3, -0.25) is 0 Å². The summed E-state index contributed by atoms with van der Waals surface area (Å²) in [5.41, 5.74) is 2.19. The first-order chi connectivity index (χ1) is 7.70. The van der Waals surface area contributed by atoms with Crippen molar-refractivity contribution >= 4 is 0 Å². The van der Waals surface area contributed by atoms with Gasteiger partial charge in [0.05, 0.1) is 6.04 Å². The predicted molar refractivity (Wildman–Crippen MR) is 61.9 cm³/mol. The monoisotopic (exact) mass is 217 g/mol. The molecule has 1 heterocycles. The number of nitrogens with zero attached hydrogens (tertiary/aromatic N) is 2. The standard InChI is InChI=1S/C12H15N3O/c1-8-4-6-10(7-5-8)11-14-12(16-15-11)9(2)13-3/h4-7,9,13H,1-3H3. The Bertz CT molecular complexity index is 461. The molecular formula is C12H15N3O. The van der Waals surface area contributed by atoms with Gasteiger partial charge in [-0.15, -0.1) is 0 Å². The molecule has 1 unspecified atom stereocenters. The van der Waals surface area contributed by atoms with Crippen LogP contribution >= 0.6 is 0 Å². The highest BCUT2D eigenvalue weighted by molar-refractivity contribution is 5.54. The molecule has 84 valence electrons. The van der Waals surface area contributed by atoms with E-state index in [1.54, 1.807) is 0 Å². The maximum atomic E-state index is 5.18. The minimum Gasteiger partial charge on any atom is -0.337 e. The number of aryl methyl sites for hydroxylation is 1. The molecule has 2 rings (SSSR count). The normalized spacial score (nSPS) is 12.7. The van der Waals surface area contributed by atoms with Gasteiger partial charge >= 0.3 is 0 Å². The highest BCUT2D eigenvalue weighted by Crippen LogP contribution is 2.18. The molecule has 0 amide bonds. The zero-order valence-corrected chi connectivity index (χ0v) is 9.69. The summed E-state index contributed by atoms with van der Waals surface area (Å²) in [7, 11) is 1.86. The van der Waals surface area contributed by atoms with Crippen LogP contribution in [0.15, 0.2) is 28.8 Å². The van der Waals surface area contributed by atoms with Gasteiger partial charge in [-0.1, -0.05) is 35.0 Å². The zero-order chi connectivity index (χ0) is 11.5. The Kier molecular flexibility index (Phi) is 3.01. The summed E-state index contributed by atoms with van der Waals surface area (Å²) in [6, 6.07) is 8.13. The lowest BCUT2D eigenvalue weighted by Crippen LogP contribution is -2.12. The van der Waals surface area contributed by atoms with Gasteiger partial charge in [-0.25, -0.2) is 0 Å². The van der Waals surface area contributed by atoms with Crippen LogP contribution in [0.2, 0.25) is 0 Å². The van der Waals surface area contributed by atoms with Gasteiger partial charge < -0.3 is 9.84 Å². The Morgan fingerprint density at radius 3 is 2.56 bits per heavy atom. The van der Waals surface area contributed by atoms with Crippen LogP contribution in [0.4, 0.5) is 0 Å². The Morgan fingerprint density at radius 1 is 1.25 bits per heavy atom. The Balaban J connectivity index is 2.28. The minimum atomic E-state index is 0.0756. The Hall–Kier alpha value is -1.68. The second-order valence-corrected chi connectivity index (χ2v) is 3.83. The molecular weight excluding hydrogens is 202 g/mol. The van der Waals surface area contributed by atoms with Crippen molar-refractivity contribution in [3.8, 4) is 11.4 Å². The summed E-state index contributed by atoms with van der Waals surface area (Å²) in [5.74, 6) is 1.25. The SMILES string of the molecule is CNC(C)c1nc(-c2ccc(C)cc2)no1. The summed E-state index contributed by atoms with van der Waals surface area (Å²) >= 11 is 0. The highest BCUT2D eigenvalue weighted by atomic mass is 16.5. The largest absolute Gasteiger partial charge is 0.337 e. The van der Waals surface area contributed by atoms with E-state index >= 15 is 0 Å². The summed E-state index contributed by atoms with van der Waals surface area (Å²) in [5, 5.41) is 7.02. The third kappa shape index (κ3) is 2.12. The van der Waals surface area contributed by atoms with Crippen LogP contribution in [0.25, 0.3) is 11.4 Å². The van der Waals surface area contributed by atoms with E-state index in [0.717, 1.165) is 5.56 Å². The fraction of sp³-hybridized carbons (Fsp3) is 0.333. The smallest absolute Gasteiger partial charge is 0.243 e. The molecule has 2 aromatic rings. The van der Waals surface area contributed by atoms with E-state index < -0.39 is 0 Å². The predicted octanol–water partition coefficient (Wildman–Crippen LogP) is 2.33. The molecule has 16 heavy (non-hydrogen) atoms. The van der Waals surface area contributed by atoms with Crippen LogP contribution in [-0.2, 0) is 0 Å². The van der Waals surface area contributed by atoms with Crippen LogP contribution in [-0.4, -0.2) is 17.2 Å². The first-order valence-corrected chi connectivity index (χ1v) is 5.28. The van der Waals surface area contributed by atoms with E-state index in [9.17, 15) is 0 Å². The second-order valence-electron chi connectivity index (χ2n) is 3.83. The summed E-state index contributed by atoms with van der Waals surface area (Å²) in [4.78, 5) is 4.34. The van der Waals surface area contributed by atoms with Crippen molar-refractivity contribution in [2.45, 2.75) is 19.9 Å². The second kappa shape index (κ2) is 4.45. The van der Waals surface area contributed by atoms with E-state index in [4.69, 9.17) is 4.52 Å². The molecule has 4 nitrogen and oxygen atoms in total. The van der Waals surface area contributed by atoms with Crippen LogP contribution in [0.1, 0.15) is 24.4 Å². The molecule has 1 atom stereocenters. The molecule has 0 saturated carbocycles. The molecule has 4 heteroatoms. The fourth-order valence-corrected chi connectivity index (χ4v) is 1.35. The van der Waals surface area contributed by atoms with Crippen molar-refractivity contribution in [3.63, 3.8) is 0 Å². The number of benzene rings is 1. The van der Waals surface area contributed by atoms with Crippen molar-refractivity contribution in [2.75, 3.05) is 7.05 Å². The Labute approximate surface area is 94.7 Å². The van der Waals surface area contributed by atoms with Gasteiger partial charge in [0.25, 0.3) is 0 Å². The first-order valence-electron chi connectivity index (χ1n) is 5.28. The van der Waals surface area contributed by atoms with Crippen molar-refractivity contribution in [2.24, 2.45) is 0 Å². The van der Waals surface area contributed by atoms with Crippen molar-refractivity contribution in [1.29, 1.82) is 0 Å². The number of hydrogen-bond acceptors (Lipinski definition) is 4. The van der Waals surface area contributed by atoms with Gasteiger partial charge in [0.15, 0.2) is 0 Å². The van der Waals surface area contributed by atoms with Gasteiger partial charge in [0.2, 0.25) is 11.7 Å². The van der Waals surface area contributed by atoms with Gasteiger partial charge in [0, 0.05) is 5.56 Å². The molecule has 0 aliphatic heterocycles. The van der Waals surface area contributed by atoms with E-state index in [-0.39, 0.29) is 6.04 Å². The van der Waals surface area contributed by atoms with E-state index in [1.165, 1.54) is 5.56 Å². The number of rotatable bonds is 3. The highest BCUT2D eigenvalue weighted by Gasteiger charge is 2.12. The minimum absolute atomic E-state index is 0.0756. The first kappa shape index (κ1) is 10.8. The van der Waals surface area contributed by atoms with Crippen molar-refractivity contribution in [1.82, 2.24) is 15.5 Å². The molecule has 1 aromatic carbocycles. The molecule has 0 radical (unpaired) electrons. The number of hydrogen-bond donors (Lipinski definition) is 1. The van der Waals surface area contributed by atoms with Gasteiger partial charge in [0.1, 0.15) is 0 Å². The van der Waals surface area contributed by atoms with E-state index in [1.807, 2.05) is 38.2 Å². The lowest BCUT2D eigenvalue weighted by atomic mass is 10.1. The summed E-state index contributed by atoms with van der Waals surface area (Å²) in [6.45, 7) is 4.03. The van der Waals surface area contributed by atoms with Gasteiger partial charge in [-0.2, -0.15) is 4.98 Å². The summed E-state index contributed by atoms with van der Waals surface area (Å²) in [6.07, 6.45) is 0. The molecule has 0 bridgehead atoms. The lowest BCUT2D eigenvalue weighted by molar-refractivity contribution is 0.347. The molecule has 0 aliphatic rings. The zero-order valence-electron chi connectivity index (χ0n) is 9.69. The maximum Gasteiger partial charge on any atom is 0.243 e.